The molecule has 108 valence electrons. The van der Waals surface area contributed by atoms with Gasteiger partial charge in [0.1, 0.15) is 0 Å². The molecule has 2 fully saturated rings. The molecule has 1 aromatic rings. The van der Waals surface area contributed by atoms with Gasteiger partial charge in [0, 0.05) is 18.8 Å². The SMILES string of the molecule is O=C(O)CC(c1ccccc1N1CCCCC1)C1CC1. The molecule has 3 heteroatoms. The number of hydrogen-bond acceptors (Lipinski definition) is 2. The van der Waals surface area contributed by atoms with E-state index in [0.717, 1.165) is 13.1 Å². The Morgan fingerprint density at radius 1 is 1.20 bits per heavy atom. The van der Waals surface area contributed by atoms with Gasteiger partial charge in [-0.3, -0.25) is 4.79 Å². The molecule has 1 unspecified atom stereocenters. The fourth-order valence-corrected chi connectivity index (χ4v) is 3.44. The molecule has 0 spiro atoms. The largest absolute Gasteiger partial charge is 0.481 e. The van der Waals surface area contributed by atoms with Crippen molar-refractivity contribution in [3.8, 4) is 0 Å². The first-order chi connectivity index (χ1) is 9.75. The Bertz CT molecular complexity index is 476. The van der Waals surface area contributed by atoms with E-state index >= 15 is 0 Å². The number of carboxylic acid groups (broad SMARTS) is 1. The zero-order valence-electron chi connectivity index (χ0n) is 11.9. The van der Waals surface area contributed by atoms with Gasteiger partial charge in [0.15, 0.2) is 0 Å². The molecule has 2 aliphatic rings. The van der Waals surface area contributed by atoms with Gasteiger partial charge in [-0.25, -0.2) is 0 Å². The molecule has 0 bridgehead atoms. The highest BCUT2D eigenvalue weighted by atomic mass is 16.4. The maximum atomic E-state index is 11.2. The third kappa shape index (κ3) is 2.97. The van der Waals surface area contributed by atoms with Crippen LogP contribution in [-0.2, 0) is 4.79 Å². The Hall–Kier alpha value is -1.51. The third-order valence-corrected chi connectivity index (χ3v) is 4.62. The smallest absolute Gasteiger partial charge is 0.303 e. The van der Waals surface area contributed by atoms with Gasteiger partial charge in [-0.05, 0) is 55.6 Å². The van der Waals surface area contributed by atoms with E-state index in [4.69, 9.17) is 0 Å². The summed E-state index contributed by atoms with van der Waals surface area (Å²) < 4.78 is 0. The number of nitrogens with zero attached hydrogens (tertiary/aromatic N) is 1. The van der Waals surface area contributed by atoms with Crippen molar-refractivity contribution in [2.75, 3.05) is 18.0 Å². The lowest BCUT2D eigenvalue weighted by atomic mass is 9.89. The van der Waals surface area contributed by atoms with Crippen LogP contribution in [0.1, 0.15) is 50.0 Å². The summed E-state index contributed by atoms with van der Waals surface area (Å²) in [6.45, 7) is 2.23. The normalized spacial score (nSPS) is 20.7. The maximum absolute atomic E-state index is 11.2. The van der Waals surface area contributed by atoms with Crippen molar-refractivity contribution >= 4 is 11.7 Å². The molecular formula is C17H23NO2. The van der Waals surface area contributed by atoms with Gasteiger partial charge in [0.05, 0.1) is 6.42 Å². The van der Waals surface area contributed by atoms with Crippen molar-refractivity contribution in [2.24, 2.45) is 5.92 Å². The highest BCUT2D eigenvalue weighted by Crippen LogP contribution is 2.47. The zero-order chi connectivity index (χ0) is 13.9. The molecule has 1 aliphatic heterocycles. The van der Waals surface area contributed by atoms with E-state index in [9.17, 15) is 9.90 Å². The summed E-state index contributed by atoms with van der Waals surface area (Å²) in [6.07, 6.45) is 6.47. The number of para-hydroxylation sites is 1. The summed E-state index contributed by atoms with van der Waals surface area (Å²) in [4.78, 5) is 13.6. The van der Waals surface area contributed by atoms with Crippen molar-refractivity contribution in [1.29, 1.82) is 0 Å². The lowest BCUT2D eigenvalue weighted by Crippen LogP contribution is -2.30. The van der Waals surface area contributed by atoms with Crippen LogP contribution in [-0.4, -0.2) is 24.2 Å². The molecular weight excluding hydrogens is 250 g/mol. The van der Waals surface area contributed by atoms with E-state index in [-0.39, 0.29) is 12.3 Å². The fraction of sp³-hybridized carbons (Fsp3) is 0.588. The van der Waals surface area contributed by atoms with E-state index in [1.54, 1.807) is 0 Å². The van der Waals surface area contributed by atoms with Crippen molar-refractivity contribution in [3.63, 3.8) is 0 Å². The van der Waals surface area contributed by atoms with Crippen LogP contribution in [0.5, 0.6) is 0 Å². The van der Waals surface area contributed by atoms with Gasteiger partial charge >= 0.3 is 5.97 Å². The Balaban J connectivity index is 1.88. The highest BCUT2D eigenvalue weighted by molar-refractivity contribution is 5.69. The van der Waals surface area contributed by atoms with Gasteiger partial charge < -0.3 is 10.0 Å². The van der Waals surface area contributed by atoms with E-state index in [2.05, 4.69) is 29.2 Å². The first-order valence-corrected chi connectivity index (χ1v) is 7.81. The number of aliphatic carboxylic acids is 1. The molecule has 3 nitrogen and oxygen atoms in total. The third-order valence-electron chi connectivity index (χ3n) is 4.62. The predicted molar refractivity (Wildman–Crippen MR) is 80.2 cm³/mol. The minimum absolute atomic E-state index is 0.200. The Labute approximate surface area is 120 Å². The standard InChI is InChI=1S/C17H23NO2/c19-17(20)12-15(13-8-9-13)14-6-2-3-7-16(14)18-10-4-1-5-11-18/h2-3,6-7,13,15H,1,4-5,8-12H2,(H,19,20). The van der Waals surface area contributed by atoms with Gasteiger partial charge in [-0.15, -0.1) is 0 Å². The van der Waals surface area contributed by atoms with E-state index in [1.807, 2.05) is 0 Å². The molecule has 3 rings (SSSR count). The summed E-state index contributed by atoms with van der Waals surface area (Å²) in [7, 11) is 0. The monoisotopic (exact) mass is 273 g/mol. The molecule has 1 aromatic carbocycles. The van der Waals surface area contributed by atoms with Crippen LogP contribution in [0, 0.1) is 5.92 Å². The lowest BCUT2D eigenvalue weighted by molar-refractivity contribution is -0.137. The Kier molecular flexibility index (Phi) is 3.95. The van der Waals surface area contributed by atoms with Crippen LogP contribution in [0.2, 0.25) is 0 Å². The minimum atomic E-state index is -0.671. The second-order valence-electron chi connectivity index (χ2n) is 6.15. The second kappa shape index (κ2) is 5.86. The summed E-state index contributed by atoms with van der Waals surface area (Å²) in [5, 5.41) is 9.21. The van der Waals surface area contributed by atoms with Gasteiger partial charge in [-0.2, -0.15) is 0 Å². The number of carbonyl (C=O) groups is 1. The van der Waals surface area contributed by atoms with Gasteiger partial charge in [0.2, 0.25) is 0 Å². The molecule has 0 radical (unpaired) electrons. The summed E-state index contributed by atoms with van der Waals surface area (Å²) in [5.74, 6) is 0.109. The van der Waals surface area contributed by atoms with Crippen LogP contribution in [0.4, 0.5) is 5.69 Å². The van der Waals surface area contributed by atoms with Crippen molar-refractivity contribution in [1.82, 2.24) is 0 Å². The molecule has 1 aliphatic carbocycles. The second-order valence-corrected chi connectivity index (χ2v) is 6.15. The van der Waals surface area contributed by atoms with Crippen molar-refractivity contribution in [3.05, 3.63) is 29.8 Å². The average Bonchev–Trinajstić information content (AvgIpc) is 3.30. The van der Waals surface area contributed by atoms with Crippen molar-refractivity contribution < 1.29 is 9.90 Å². The van der Waals surface area contributed by atoms with Gasteiger partial charge in [-0.1, -0.05) is 18.2 Å². The Morgan fingerprint density at radius 3 is 2.55 bits per heavy atom. The molecule has 1 atom stereocenters. The number of piperidine rings is 1. The van der Waals surface area contributed by atoms with Crippen molar-refractivity contribution in [2.45, 2.75) is 44.4 Å². The Morgan fingerprint density at radius 2 is 1.90 bits per heavy atom. The van der Waals surface area contributed by atoms with Crippen LogP contribution < -0.4 is 4.90 Å². The first kappa shape index (κ1) is 13.5. The first-order valence-electron chi connectivity index (χ1n) is 7.81. The number of carboxylic acids is 1. The van der Waals surface area contributed by atoms with Crippen LogP contribution in [0.3, 0.4) is 0 Å². The zero-order valence-corrected chi connectivity index (χ0v) is 11.9. The van der Waals surface area contributed by atoms with E-state index in [0.29, 0.717) is 5.92 Å². The molecule has 1 N–H and O–H groups in total. The topological polar surface area (TPSA) is 40.5 Å². The lowest BCUT2D eigenvalue weighted by Gasteiger charge is -2.32. The summed E-state index contributed by atoms with van der Waals surface area (Å²) in [5.41, 5.74) is 2.55. The molecule has 0 aromatic heterocycles. The number of hydrogen-bond donors (Lipinski definition) is 1. The van der Waals surface area contributed by atoms with E-state index < -0.39 is 5.97 Å². The van der Waals surface area contributed by atoms with Crippen LogP contribution in [0.15, 0.2) is 24.3 Å². The predicted octanol–water partition coefficient (Wildman–Crippen LogP) is 3.65. The molecule has 0 amide bonds. The van der Waals surface area contributed by atoms with Gasteiger partial charge in [0.25, 0.3) is 0 Å². The molecule has 1 saturated carbocycles. The number of rotatable bonds is 5. The molecule has 20 heavy (non-hydrogen) atoms. The fourth-order valence-electron chi connectivity index (χ4n) is 3.44. The summed E-state index contributed by atoms with van der Waals surface area (Å²) in [6, 6.07) is 8.46. The van der Waals surface area contributed by atoms with Crippen LogP contribution >= 0.6 is 0 Å². The average molecular weight is 273 g/mol. The van der Waals surface area contributed by atoms with E-state index in [1.165, 1.54) is 43.4 Å². The quantitative estimate of drug-likeness (QED) is 0.890. The minimum Gasteiger partial charge on any atom is -0.481 e. The summed E-state index contributed by atoms with van der Waals surface area (Å²) >= 11 is 0. The molecule has 1 heterocycles. The molecule has 1 saturated heterocycles. The van der Waals surface area contributed by atoms with Crippen LogP contribution in [0.25, 0.3) is 0 Å². The number of benzene rings is 1. The number of anilines is 1. The maximum Gasteiger partial charge on any atom is 0.303 e. The highest BCUT2D eigenvalue weighted by Gasteiger charge is 2.35.